The molecule has 13 heavy (non-hydrogen) atoms. The number of carbonyl (C=O) groups excluding carboxylic acids is 2. The number of hydrogen-bond acceptors (Lipinski definition) is 7. The summed E-state index contributed by atoms with van der Waals surface area (Å²) in [6.45, 7) is 0. The van der Waals surface area contributed by atoms with Crippen LogP contribution in [0.5, 0.6) is 0 Å². The molecule has 1 aliphatic heterocycles. The summed E-state index contributed by atoms with van der Waals surface area (Å²) in [5.74, 6) is -2.17. The fourth-order valence-electron chi connectivity index (χ4n) is 0.638. The van der Waals surface area contributed by atoms with Crippen molar-refractivity contribution in [3.63, 3.8) is 0 Å². The topological polar surface area (TPSA) is 107 Å². The maximum absolute atomic E-state index is 10.8. The number of carbonyl (C=O) groups is 2. The molecule has 0 aromatic heterocycles. The van der Waals surface area contributed by atoms with Gasteiger partial charge in [0.25, 0.3) is 22.4 Å². The molecule has 1 saturated heterocycles. The van der Waals surface area contributed by atoms with Gasteiger partial charge in [-0.1, -0.05) is 0 Å². The Labute approximate surface area is 77.5 Å². The zero-order chi connectivity index (χ0) is 10.1. The lowest BCUT2D eigenvalue weighted by Gasteiger charge is -2.03. The summed E-state index contributed by atoms with van der Waals surface area (Å²) in [7, 11) is -4.62. The SMILES string of the molecule is O=C1CC(S(=O)(=O)O)C(=O)OSO1. The molecular weight excluding hydrogens is 224 g/mol. The van der Waals surface area contributed by atoms with E-state index in [1.165, 1.54) is 0 Å². The van der Waals surface area contributed by atoms with Crippen LogP contribution in [0.3, 0.4) is 0 Å². The van der Waals surface area contributed by atoms with E-state index in [0.717, 1.165) is 0 Å². The highest BCUT2D eigenvalue weighted by Gasteiger charge is 2.38. The van der Waals surface area contributed by atoms with Crippen LogP contribution in [0.25, 0.3) is 0 Å². The first-order chi connectivity index (χ1) is 5.91. The monoisotopic (exact) mass is 228 g/mol. The summed E-state index contributed by atoms with van der Waals surface area (Å²) < 4.78 is 37.8. The summed E-state index contributed by atoms with van der Waals surface area (Å²) in [4.78, 5) is 21.4. The van der Waals surface area contributed by atoms with Crippen LogP contribution < -0.4 is 0 Å². The van der Waals surface area contributed by atoms with Crippen LogP contribution in [0.4, 0.5) is 0 Å². The molecule has 0 radical (unpaired) electrons. The first-order valence-electron chi connectivity index (χ1n) is 2.95. The summed E-state index contributed by atoms with van der Waals surface area (Å²) >= 11 is 0.0772. The fraction of sp³-hybridized carbons (Fsp3) is 0.500. The van der Waals surface area contributed by atoms with E-state index < -0.39 is 33.7 Å². The molecule has 1 atom stereocenters. The van der Waals surface area contributed by atoms with Gasteiger partial charge >= 0.3 is 11.9 Å². The summed E-state index contributed by atoms with van der Waals surface area (Å²) in [5.41, 5.74) is 0. The molecule has 0 aromatic carbocycles. The number of hydrogen-bond donors (Lipinski definition) is 1. The van der Waals surface area contributed by atoms with Gasteiger partial charge in [-0.05, 0) is 0 Å². The van der Waals surface area contributed by atoms with E-state index in [9.17, 15) is 18.0 Å². The van der Waals surface area contributed by atoms with E-state index in [0.29, 0.717) is 0 Å². The van der Waals surface area contributed by atoms with Crippen molar-refractivity contribution in [2.45, 2.75) is 11.7 Å². The minimum atomic E-state index is -4.62. The number of rotatable bonds is 1. The molecule has 1 unspecified atom stereocenters. The maximum Gasteiger partial charge on any atom is 0.342 e. The van der Waals surface area contributed by atoms with Gasteiger partial charge in [-0.25, -0.2) is 4.79 Å². The summed E-state index contributed by atoms with van der Waals surface area (Å²) in [6, 6.07) is 0. The Kier molecular flexibility index (Phi) is 2.78. The molecule has 74 valence electrons. The molecule has 0 saturated carbocycles. The highest BCUT2D eigenvalue weighted by molar-refractivity contribution is 7.91. The lowest BCUT2D eigenvalue weighted by molar-refractivity contribution is -0.135. The van der Waals surface area contributed by atoms with Gasteiger partial charge in [-0.3, -0.25) is 9.35 Å². The minimum absolute atomic E-state index is 0.0772. The highest BCUT2D eigenvalue weighted by atomic mass is 32.2. The van der Waals surface area contributed by atoms with Gasteiger partial charge in [0.15, 0.2) is 5.25 Å². The van der Waals surface area contributed by atoms with Crippen molar-refractivity contribution in [2.24, 2.45) is 0 Å². The molecule has 1 N–H and O–H groups in total. The van der Waals surface area contributed by atoms with Gasteiger partial charge in [0.2, 0.25) is 0 Å². The Morgan fingerprint density at radius 3 is 2.54 bits per heavy atom. The van der Waals surface area contributed by atoms with Crippen molar-refractivity contribution >= 4 is 34.4 Å². The fourth-order valence-corrected chi connectivity index (χ4v) is 1.70. The Bertz CT molecular complexity index is 330. The van der Waals surface area contributed by atoms with E-state index in [2.05, 4.69) is 8.37 Å². The minimum Gasteiger partial charge on any atom is -0.355 e. The van der Waals surface area contributed by atoms with Crippen LogP contribution in [0.15, 0.2) is 0 Å². The van der Waals surface area contributed by atoms with Crippen LogP contribution in [-0.2, 0) is 28.1 Å². The third kappa shape index (κ3) is 2.57. The van der Waals surface area contributed by atoms with Crippen LogP contribution in [0.1, 0.15) is 6.42 Å². The van der Waals surface area contributed by atoms with Crippen LogP contribution >= 0.6 is 12.3 Å². The van der Waals surface area contributed by atoms with Gasteiger partial charge in [0, 0.05) is 0 Å². The molecule has 1 fully saturated rings. The van der Waals surface area contributed by atoms with Gasteiger partial charge in [-0.15, -0.1) is 0 Å². The van der Waals surface area contributed by atoms with Crippen molar-refractivity contribution in [3.05, 3.63) is 0 Å². The molecule has 1 rings (SSSR count). The van der Waals surface area contributed by atoms with E-state index in [4.69, 9.17) is 4.55 Å². The normalized spacial score (nSPS) is 24.5. The van der Waals surface area contributed by atoms with Gasteiger partial charge in [-0.2, -0.15) is 8.42 Å². The van der Waals surface area contributed by atoms with E-state index in [1.807, 2.05) is 0 Å². The molecule has 0 aliphatic carbocycles. The summed E-state index contributed by atoms with van der Waals surface area (Å²) in [5, 5.41) is -1.89. The molecule has 0 amide bonds. The van der Waals surface area contributed by atoms with Gasteiger partial charge in [0.1, 0.15) is 0 Å². The van der Waals surface area contributed by atoms with E-state index in [1.54, 1.807) is 0 Å². The van der Waals surface area contributed by atoms with Crippen molar-refractivity contribution in [2.75, 3.05) is 0 Å². The molecule has 7 nitrogen and oxygen atoms in total. The second kappa shape index (κ2) is 3.52. The molecule has 0 spiro atoms. The standard InChI is InChI=1S/C4H4O7S2/c5-3-1-2(13(7,8)9)4(6)11-12-10-3/h2H,1H2,(H,7,8,9). The molecule has 1 aliphatic rings. The Morgan fingerprint density at radius 1 is 1.38 bits per heavy atom. The first kappa shape index (κ1) is 10.3. The zero-order valence-corrected chi connectivity index (χ0v) is 7.63. The van der Waals surface area contributed by atoms with E-state index in [-0.39, 0.29) is 12.3 Å². The second-order valence-corrected chi connectivity index (χ2v) is 4.20. The van der Waals surface area contributed by atoms with Crippen molar-refractivity contribution < 1.29 is 30.9 Å². The zero-order valence-electron chi connectivity index (χ0n) is 6.00. The Hall–Kier alpha value is -0.800. The summed E-state index contributed by atoms with van der Waals surface area (Å²) in [6.07, 6.45) is -0.745. The van der Waals surface area contributed by atoms with E-state index >= 15 is 0 Å². The molecular formula is C4H4O7S2. The molecule has 0 aromatic rings. The van der Waals surface area contributed by atoms with Crippen molar-refractivity contribution in [1.82, 2.24) is 0 Å². The predicted octanol–water partition coefficient (Wildman–Crippen LogP) is -0.704. The maximum atomic E-state index is 10.8. The van der Waals surface area contributed by atoms with Gasteiger partial charge in [0.05, 0.1) is 6.42 Å². The van der Waals surface area contributed by atoms with Crippen molar-refractivity contribution in [3.8, 4) is 0 Å². The van der Waals surface area contributed by atoms with Crippen LogP contribution in [0.2, 0.25) is 0 Å². The molecule has 0 bridgehead atoms. The largest absolute Gasteiger partial charge is 0.355 e. The predicted molar refractivity (Wildman–Crippen MR) is 39.7 cm³/mol. The highest BCUT2D eigenvalue weighted by Crippen LogP contribution is 2.19. The third-order valence-electron chi connectivity index (χ3n) is 1.22. The Balaban J connectivity index is 2.92. The smallest absolute Gasteiger partial charge is 0.342 e. The third-order valence-corrected chi connectivity index (χ3v) is 2.78. The van der Waals surface area contributed by atoms with Crippen LogP contribution in [0, 0.1) is 0 Å². The van der Waals surface area contributed by atoms with Gasteiger partial charge < -0.3 is 8.37 Å². The molecule has 9 heteroatoms. The molecule has 1 heterocycles. The van der Waals surface area contributed by atoms with Crippen molar-refractivity contribution in [1.29, 1.82) is 0 Å². The average molecular weight is 228 g/mol. The second-order valence-electron chi connectivity index (χ2n) is 2.13. The average Bonchev–Trinajstić information content (AvgIpc) is 2.11. The quantitative estimate of drug-likeness (QED) is 0.463. The Morgan fingerprint density at radius 2 is 2.00 bits per heavy atom. The lowest BCUT2D eigenvalue weighted by atomic mass is 10.3. The van der Waals surface area contributed by atoms with Crippen LogP contribution in [-0.4, -0.2) is 30.2 Å². The first-order valence-corrected chi connectivity index (χ1v) is 5.12. The lowest BCUT2D eigenvalue weighted by Crippen LogP contribution is -2.31.